The van der Waals surface area contributed by atoms with E-state index in [0.29, 0.717) is 0 Å². The van der Waals surface area contributed by atoms with Crippen molar-refractivity contribution in [2.75, 3.05) is 26.2 Å². The molecule has 1 aliphatic rings. The van der Waals surface area contributed by atoms with Gasteiger partial charge in [0.05, 0.1) is 0 Å². The van der Waals surface area contributed by atoms with E-state index < -0.39 is 0 Å². The van der Waals surface area contributed by atoms with Crippen molar-refractivity contribution in [1.29, 1.82) is 0 Å². The van der Waals surface area contributed by atoms with E-state index >= 15 is 0 Å². The summed E-state index contributed by atoms with van der Waals surface area (Å²) in [6.45, 7) is 11.6. The molecule has 0 spiro atoms. The van der Waals surface area contributed by atoms with Crippen LogP contribution in [-0.4, -0.2) is 37.1 Å². The first-order valence-electron chi connectivity index (χ1n) is 7.23. The molecule has 0 aromatic rings. The van der Waals surface area contributed by atoms with Crippen LogP contribution >= 0.6 is 0 Å². The van der Waals surface area contributed by atoms with Gasteiger partial charge in [-0.3, -0.25) is 0 Å². The minimum Gasteiger partial charge on any atom is -0.313 e. The van der Waals surface area contributed by atoms with Crippen LogP contribution in [0.4, 0.5) is 0 Å². The van der Waals surface area contributed by atoms with Gasteiger partial charge in [0.1, 0.15) is 0 Å². The van der Waals surface area contributed by atoms with Gasteiger partial charge in [-0.25, -0.2) is 0 Å². The van der Waals surface area contributed by atoms with Crippen LogP contribution in [0.15, 0.2) is 0 Å². The molecule has 1 atom stereocenters. The van der Waals surface area contributed by atoms with Gasteiger partial charge < -0.3 is 10.2 Å². The van der Waals surface area contributed by atoms with E-state index in [-0.39, 0.29) is 0 Å². The van der Waals surface area contributed by atoms with Gasteiger partial charge in [0.15, 0.2) is 0 Å². The summed E-state index contributed by atoms with van der Waals surface area (Å²) in [6, 6.07) is 0.718. The highest BCUT2D eigenvalue weighted by molar-refractivity contribution is 4.76. The van der Waals surface area contributed by atoms with Crippen LogP contribution in [0.2, 0.25) is 0 Å². The summed E-state index contributed by atoms with van der Waals surface area (Å²) >= 11 is 0. The van der Waals surface area contributed by atoms with Gasteiger partial charge in [-0.05, 0) is 38.8 Å². The quantitative estimate of drug-likeness (QED) is 0.718. The van der Waals surface area contributed by atoms with E-state index in [4.69, 9.17) is 0 Å². The molecular weight excluding hydrogens is 196 g/mol. The van der Waals surface area contributed by atoms with Crippen LogP contribution in [-0.2, 0) is 0 Å². The molecule has 0 amide bonds. The van der Waals surface area contributed by atoms with Crippen molar-refractivity contribution in [2.24, 2.45) is 5.92 Å². The molecule has 1 rings (SSSR count). The molecule has 96 valence electrons. The molecule has 0 saturated heterocycles. The molecule has 1 fully saturated rings. The second-order valence-corrected chi connectivity index (χ2v) is 5.17. The van der Waals surface area contributed by atoms with Crippen molar-refractivity contribution in [3.63, 3.8) is 0 Å². The number of hydrogen-bond donors (Lipinski definition) is 1. The lowest BCUT2D eigenvalue weighted by molar-refractivity contribution is 0.257. The fourth-order valence-corrected chi connectivity index (χ4v) is 2.79. The lowest BCUT2D eigenvalue weighted by Crippen LogP contribution is -2.39. The number of hydrogen-bond acceptors (Lipinski definition) is 2. The monoisotopic (exact) mass is 226 g/mol. The van der Waals surface area contributed by atoms with Crippen LogP contribution in [0.5, 0.6) is 0 Å². The fourth-order valence-electron chi connectivity index (χ4n) is 2.79. The Kier molecular flexibility index (Phi) is 7.06. The van der Waals surface area contributed by atoms with E-state index in [1.807, 2.05) is 0 Å². The van der Waals surface area contributed by atoms with E-state index in [2.05, 4.69) is 31.0 Å². The van der Waals surface area contributed by atoms with Gasteiger partial charge in [-0.2, -0.15) is 0 Å². The minimum absolute atomic E-state index is 0.718. The number of rotatable bonds is 7. The second kappa shape index (κ2) is 8.08. The Balaban J connectivity index is 2.11. The zero-order valence-corrected chi connectivity index (χ0v) is 11.5. The Hall–Kier alpha value is -0.0800. The lowest BCUT2D eigenvalue weighted by Gasteiger charge is -2.29. The average molecular weight is 226 g/mol. The third kappa shape index (κ3) is 4.84. The SMILES string of the molecule is CCN(CC)CCN[C@@H](C)C1CCCCC1. The smallest absolute Gasteiger partial charge is 0.0107 e. The van der Waals surface area contributed by atoms with Crippen molar-refractivity contribution in [2.45, 2.75) is 58.9 Å². The van der Waals surface area contributed by atoms with E-state index in [1.54, 1.807) is 0 Å². The summed E-state index contributed by atoms with van der Waals surface area (Å²) in [6.07, 6.45) is 7.25. The maximum atomic E-state index is 3.71. The van der Waals surface area contributed by atoms with Crippen molar-refractivity contribution in [3.05, 3.63) is 0 Å². The Morgan fingerprint density at radius 2 is 1.75 bits per heavy atom. The van der Waals surface area contributed by atoms with Crippen LogP contribution in [0, 0.1) is 5.92 Å². The molecule has 0 aromatic heterocycles. The largest absolute Gasteiger partial charge is 0.313 e. The molecule has 0 aromatic carbocycles. The zero-order valence-electron chi connectivity index (χ0n) is 11.5. The summed E-state index contributed by atoms with van der Waals surface area (Å²) in [4.78, 5) is 2.49. The molecule has 1 saturated carbocycles. The Labute approximate surface area is 102 Å². The van der Waals surface area contributed by atoms with Crippen LogP contribution < -0.4 is 5.32 Å². The maximum Gasteiger partial charge on any atom is 0.0107 e. The normalized spacial score (nSPS) is 20.2. The van der Waals surface area contributed by atoms with Gasteiger partial charge in [-0.1, -0.05) is 33.1 Å². The standard InChI is InChI=1S/C14H30N2/c1-4-16(5-2)12-11-15-13(3)14-9-7-6-8-10-14/h13-15H,4-12H2,1-3H3/t13-/m0/s1. The number of nitrogens with one attached hydrogen (secondary N) is 1. The molecule has 0 heterocycles. The van der Waals surface area contributed by atoms with Gasteiger partial charge >= 0.3 is 0 Å². The highest BCUT2D eigenvalue weighted by atomic mass is 15.1. The van der Waals surface area contributed by atoms with E-state index in [0.717, 1.165) is 18.5 Å². The summed E-state index contributed by atoms with van der Waals surface area (Å²) < 4.78 is 0. The summed E-state index contributed by atoms with van der Waals surface area (Å²) in [5.41, 5.74) is 0. The predicted molar refractivity (Wildman–Crippen MR) is 71.8 cm³/mol. The predicted octanol–water partition coefficient (Wildman–Crippen LogP) is 2.89. The van der Waals surface area contributed by atoms with Gasteiger partial charge in [0.2, 0.25) is 0 Å². The zero-order chi connectivity index (χ0) is 11.8. The molecule has 0 bridgehead atoms. The lowest BCUT2D eigenvalue weighted by atomic mass is 9.84. The minimum atomic E-state index is 0.718. The highest BCUT2D eigenvalue weighted by Gasteiger charge is 2.19. The first kappa shape index (κ1) is 14.0. The average Bonchev–Trinajstić information content (AvgIpc) is 2.35. The van der Waals surface area contributed by atoms with Crippen LogP contribution in [0.1, 0.15) is 52.9 Å². The van der Waals surface area contributed by atoms with E-state index in [1.165, 1.54) is 51.7 Å². The van der Waals surface area contributed by atoms with E-state index in [9.17, 15) is 0 Å². The summed E-state index contributed by atoms with van der Waals surface area (Å²) in [5, 5.41) is 3.71. The Morgan fingerprint density at radius 3 is 2.31 bits per heavy atom. The Bertz CT molecular complexity index is 160. The first-order valence-corrected chi connectivity index (χ1v) is 7.23. The van der Waals surface area contributed by atoms with Crippen molar-refractivity contribution >= 4 is 0 Å². The molecule has 2 heteroatoms. The molecule has 0 aliphatic heterocycles. The van der Waals surface area contributed by atoms with Gasteiger partial charge in [0, 0.05) is 19.1 Å². The third-order valence-corrected chi connectivity index (χ3v) is 4.15. The molecule has 2 nitrogen and oxygen atoms in total. The van der Waals surface area contributed by atoms with Crippen LogP contribution in [0.25, 0.3) is 0 Å². The summed E-state index contributed by atoms with van der Waals surface area (Å²) in [7, 11) is 0. The second-order valence-electron chi connectivity index (χ2n) is 5.17. The number of likely N-dealkylation sites (N-methyl/N-ethyl adjacent to an activating group) is 1. The van der Waals surface area contributed by atoms with Crippen LogP contribution in [0.3, 0.4) is 0 Å². The molecule has 1 aliphatic carbocycles. The summed E-state index contributed by atoms with van der Waals surface area (Å²) in [5.74, 6) is 0.936. The molecule has 16 heavy (non-hydrogen) atoms. The Morgan fingerprint density at radius 1 is 1.12 bits per heavy atom. The maximum absolute atomic E-state index is 3.71. The van der Waals surface area contributed by atoms with Gasteiger partial charge in [-0.15, -0.1) is 0 Å². The molecule has 0 radical (unpaired) electrons. The van der Waals surface area contributed by atoms with Crippen molar-refractivity contribution in [1.82, 2.24) is 10.2 Å². The highest BCUT2D eigenvalue weighted by Crippen LogP contribution is 2.26. The van der Waals surface area contributed by atoms with Crippen molar-refractivity contribution < 1.29 is 0 Å². The number of nitrogens with zero attached hydrogens (tertiary/aromatic N) is 1. The fraction of sp³-hybridized carbons (Fsp3) is 1.00. The first-order chi connectivity index (χ1) is 7.77. The third-order valence-electron chi connectivity index (χ3n) is 4.15. The molecule has 1 N–H and O–H groups in total. The molecular formula is C14H30N2. The van der Waals surface area contributed by atoms with Gasteiger partial charge in [0.25, 0.3) is 0 Å². The van der Waals surface area contributed by atoms with Crippen molar-refractivity contribution in [3.8, 4) is 0 Å². The topological polar surface area (TPSA) is 15.3 Å². The molecule has 0 unspecified atom stereocenters.